The van der Waals surface area contributed by atoms with Gasteiger partial charge in [-0.1, -0.05) is 26.0 Å². The number of carbonyl (C=O) groups excluding carboxylic acids is 1. The predicted molar refractivity (Wildman–Crippen MR) is 155 cm³/mol. The van der Waals surface area contributed by atoms with Crippen LogP contribution in [0.15, 0.2) is 40.8 Å². The fourth-order valence-corrected chi connectivity index (χ4v) is 5.03. The van der Waals surface area contributed by atoms with Crippen molar-refractivity contribution in [3.63, 3.8) is 0 Å². The van der Waals surface area contributed by atoms with E-state index in [2.05, 4.69) is 26.7 Å². The number of alkyl halides is 6. The molecule has 4 aromatic rings. The van der Waals surface area contributed by atoms with Crippen LogP contribution in [-0.4, -0.2) is 50.9 Å². The van der Waals surface area contributed by atoms with Crippen LogP contribution in [0.5, 0.6) is 0 Å². The Hall–Kier alpha value is -4.58. The predicted octanol–water partition coefficient (Wildman–Crippen LogP) is 7.01. The maximum atomic E-state index is 14.4. The van der Waals surface area contributed by atoms with E-state index in [9.17, 15) is 36.4 Å². The first-order valence-electron chi connectivity index (χ1n) is 14.2. The number of nitrogens with zero attached hydrogens (tertiary/aromatic N) is 2. The lowest BCUT2D eigenvalue weighted by atomic mass is 9.98. The zero-order valence-corrected chi connectivity index (χ0v) is 25.2. The Labute approximate surface area is 259 Å². The zero-order valence-electron chi connectivity index (χ0n) is 25.2. The topological polar surface area (TPSA) is 144 Å². The second-order valence-corrected chi connectivity index (χ2v) is 11.7. The van der Waals surface area contributed by atoms with Gasteiger partial charge in [-0.05, 0) is 68.9 Å². The molecule has 1 aliphatic rings. The Morgan fingerprint density at radius 2 is 1.72 bits per heavy atom. The highest BCUT2D eigenvalue weighted by Crippen LogP contribution is 2.39. The molecule has 46 heavy (non-hydrogen) atoms. The summed E-state index contributed by atoms with van der Waals surface area (Å²) in [5.41, 5.74) is 2.47. The van der Waals surface area contributed by atoms with Crippen molar-refractivity contribution >= 4 is 33.8 Å². The number of imidazole rings is 1. The van der Waals surface area contributed by atoms with Crippen LogP contribution in [0.1, 0.15) is 56.2 Å². The number of H-pyrrole nitrogens is 1. The highest BCUT2D eigenvalue weighted by atomic mass is 19.4. The van der Waals surface area contributed by atoms with Gasteiger partial charge in [-0.3, -0.25) is 10.1 Å². The molecule has 0 aliphatic heterocycles. The number of amides is 1. The van der Waals surface area contributed by atoms with Gasteiger partial charge in [0.2, 0.25) is 5.91 Å². The van der Waals surface area contributed by atoms with Crippen LogP contribution >= 0.6 is 0 Å². The molecule has 15 heteroatoms. The normalized spacial score (nSPS) is 15.6. The molecule has 0 bridgehead atoms. The average Bonchev–Trinajstić information content (AvgIpc) is 3.50. The first kappa shape index (κ1) is 34.3. The Morgan fingerprint density at radius 3 is 2.22 bits per heavy atom. The van der Waals surface area contributed by atoms with Crippen molar-refractivity contribution in [2.24, 2.45) is 5.92 Å². The molecule has 0 radical (unpaired) electrons. The van der Waals surface area contributed by atoms with Crippen molar-refractivity contribution in [3.8, 4) is 17.3 Å². The van der Waals surface area contributed by atoms with Gasteiger partial charge in [0.05, 0.1) is 23.5 Å². The van der Waals surface area contributed by atoms with E-state index >= 15 is 0 Å². The van der Waals surface area contributed by atoms with Gasteiger partial charge >= 0.3 is 18.3 Å². The molecule has 5 rings (SSSR count). The lowest BCUT2D eigenvalue weighted by Crippen LogP contribution is -2.52. The minimum atomic E-state index is -5.08. The van der Waals surface area contributed by atoms with E-state index in [4.69, 9.17) is 14.3 Å². The van der Waals surface area contributed by atoms with Gasteiger partial charge in [0.1, 0.15) is 28.6 Å². The second kappa shape index (κ2) is 12.7. The van der Waals surface area contributed by atoms with Crippen LogP contribution in [0, 0.1) is 31.1 Å². The number of aromatic amines is 1. The molecule has 1 saturated carbocycles. The molecule has 2 heterocycles. The molecule has 246 valence electrons. The fourth-order valence-electron chi connectivity index (χ4n) is 5.03. The van der Waals surface area contributed by atoms with Gasteiger partial charge in [0.25, 0.3) is 0 Å². The zero-order chi connectivity index (χ0) is 34.2. The number of nitriles is 1. The molecule has 1 aliphatic carbocycles. The molecule has 2 atom stereocenters. The van der Waals surface area contributed by atoms with E-state index < -0.39 is 41.9 Å². The number of carbonyl (C=O) groups is 2. The van der Waals surface area contributed by atoms with Crippen molar-refractivity contribution < 1.29 is 45.5 Å². The van der Waals surface area contributed by atoms with Crippen LogP contribution in [0.25, 0.3) is 33.2 Å². The highest BCUT2D eigenvalue weighted by molar-refractivity contribution is 6.06. The van der Waals surface area contributed by atoms with E-state index in [0.29, 0.717) is 29.4 Å². The SMILES string of the molecule is Cc1nc(C)c(-c2ccc3oc4cc([C@H](N[C@@H](CC(C)C)C(=O)NC5(C#N)CC5)C(F)(F)F)ccc4c3c2)[nH]1.O=C(O)C(F)(F)F. The number of carboxylic acid groups (broad SMARTS) is 1. The molecule has 2 aromatic carbocycles. The number of fused-ring (bicyclic) bond motifs is 3. The molecule has 9 nitrogen and oxygen atoms in total. The van der Waals surface area contributed by atoms with Gasteiger partial charge in [0.15, 0.2) is 0 Å². The van der Waals surface area contributed by atoms with Crippen LogP contribution in [-0.2, 0) is 9.59 Å². The number of aryl methyl sites for hydroxylation is 2. The van der Waals surface area contributed by atoms with Crippen molar-refractivity contribution in [1.29, 1.82) is 5.26 Å². The summed E-state index contributed by atoms with van der Waals surface area (Å²) < 4.78 is 80.8. The van der Waals surface area contributed by atoms with Gasteiger partial charge in [-0.25, -0.2) is 9.78 Å². The van der Waals surface area contributed by atoms with Crippen LogP contribution < -0.4 is 10.6 Å². The van der Waals surface area contributed by atoms with E-state index in [1.54, 1.807) is 12.1 Å². The van der Waals surface area contributed by atoms with Crippen LogP contribution in [0.3, 0.4) is 0 Å². The largest absolute Gasteiger partial charge is 0.490 e. The lowest BCUT2D eigenvalue weighted by Gasteiger charge is -2.29. The van der Waals surface area contributed by atoms with Gasteiger partial charge in [-0.15, -0.1) is 0 Å². The third-order valence-corrected chi connectivity index (χ3v) is 7.41. The number of hydrogen-bond acceptors (Lipinski definition) is 6. The number of hydrogen-bond donors (Lipinski definition) is 4. The van der Waals surface area contributed by atoms with Crippen molar-refractivity contribution in [1.82, 2.24) is 20.6 Å². The molecule has 0 spiro atoms. The first-order valence-corrected chi connectivity index (χ1v) is 14.2. The summed E-state index contributed by atoms with van der Waals surface area (Å²) in [5, 5.41) is 23.1. The Balaban J connectivity index is 0.000000617. The molecular weight excluding hydrogens is 620 g/mol. The summed E-state index contributed by atoms with van der Waals surface area (Å²) >= 11 is 0. The number of halogens is 6. The monoisotopic (exact) mass is 651 g/mol. The summed E-state index contributed by atoms with van der Waals surface area (Å²) in [5.74, 6) is -2.61. The molecule has 1 amide bonds. The van der Waals surface area contributed by atoms with E-state index in [1.807, 2.05) is 39.8 Å². The third-order valence-electron chi connectivity index (χ3n) is 7.41. The summed E-state index contributed by atoms with van der Waals surface area (Å²) in [6.07, 6.45) is -8.58. The fraction of sp³-hybridized carbons (Fsp3) is 0.419. The molecular formula is C31H31F6N5O4. The maximum Gasteiger partial charge on any atom is 0.490 e. The maximum absolute atomic E-state index is 14.4. The lowest BCUT2D eigenvalue weighted by molar-refractivity contribution is -0.192. The Bertz CT molecular complexity index is 1800. The van der Waals surface area contributed by atoms with Crippen LogP contribution in [0.4, 0.5) is 26.3 Å². The van der Waals surface area contributed by atoms with Gasteiger partial charge in [0, 0.05) is 16.3 Å². The number of furan rings is 1. The quantitative estimate of drug-likeness (QED) is 0.150. The van der Waals surface area contributed by atoms with E-state index in [1.165, 1.54) is 12.1 Å². The van der Waals surface area contributed by atoms with Crippen LogP contribution in [0.2, 0.25) is 0 Å². The number of rotatable bonds is 8. The van der Waals surface area contributed by atoms with Gasteiger partial charge < -0.3 is 19.8 Å². The molecule has 4 N–H and O–H groups in total. The number of nitrogens with one attached hydrogen (secondary N) is 3. The standard InChI is InChI=1S/C29H30F3N5O2.C2HF3O2/c1-15(2)11-22(27(38)37-28(14-33)9-10-28)36-26(29(30,31)32)19-5-7-20-21-12-18(25-16(3)34-17(4)35-25)6-8-23(21)39-24(20)13-19;3-2(4,5)1(6)7/h5-8,12-13,15,22,26,36H,9-11H2,1-4H3,(H,34,35)(H,37,38);(H,6,7)/t22-,26-;/m0./s1. The summed E-state index contributed by atoms with van der Waals surface area (Å²) in [6, 6.07) is 8.87. The van der Waals surface area contributed by atoms with E-state index in [0.717, 1.165) is 28.2 Å². The summed E-state index contributed by atoms with van der Waals surface area (Å²) in [4.78, 5) is 29.5. The molecule has 1 fully saturated rings. The number of benzene rings is 2. The second-order valence-electron chi connectivity index (χ2n) is 11.7. The number of aliphatic carboxylic acids is 1. The number of carboxylic acids is 1. The van der Waals surface area contributed by atoms with Crippen molar-refractivity contribution in [2.45, 2.75) is 76.9 Å². The summed E-state index contributed by atoms with van der Waals surface area (Å²) in [6.45, 7) is 7.45. The molecule has 2 aromatic heterocycles. The minimum Gasteiger partial charge on any atom is -0.475 e. The average molecular weight is 652 g/mol. The van der Waals surface area contributed by atoms with E-state index in [-0.39, 0.29) is 17.9 Å². The minimum absolute atomic E-state index is 0.0475. The number of aromatic nitrogens is 2. The third kappa shape index (κ3) is 7.79. The van der Waals surface area contributed by atoms with Crippen molar-refractivity contribution in [2.75, 3.05) is 0 Å². The highest BCUT2D eigenvalue weighted by Gasteiger charge is 2.47. The molecule has 0 saturated heterocycles. The Morgan fingerprint density at radius 1 is 1.07 bits per heavy atom. The smallest absolute Gasteiger partial charge is 0.475 e. The van der Waals surface area contributed by atoms with Crippen molar-refractivity contribution in [3.05, 3.63) is 53.5 Å². The summed E-state index contributed by atoms with van der Waals surface area (Å²) in [7, 11) is 0. The molecule has 0 unspecified atom stereocenters. The first-order chi connectivity index (χ1) is 21.3. The Kier molecular flexibility index (Phi) is 9.44. The van der Waals surface area contributed by atoms with Gasteiger partial charge in [-0.2, -0.15) is 31.6 Å².